The second-order valence-corrected chi connectivity index (χ2v) is 7.50. The van der Waals surface area contributed by atoms with Crippen LogP contribution in [-0.2, 0) is 0 Å². The van der Waals surface area contributed by atoms with E-state index in [1.165, 1.54) is 0 Å². The van der Waals surface area contributed by atoms with Crippen molar-refractivity contribution in [1.82, 2.24) is 9.97 Å². The molecule has 0 atom stereocenters. The van der Waals surface area contributed by atoms with Gasteiger partial charge in [-0.1, -0.05) is 36.4 Å². The lowest BCUT2D eigenvalue weighted by atomic mass is 10.1. The number of methoxy groups -OCH3 is 1. The molecule has 1 heterocycles. The fraction of sp³-hybridized carbons (Fsp3) is 0.0370. The number of nitrogens with one attached hydrogen (secondary N) is 3. The zero-order chi connectivity index (χ0) is 25.9. The summed E-state index contributed by atoms with van der Waals surface area (Å²) < 4.78 is 5.41. The number of hydrazone groups is 2. The highest BCUT2D eigenvalue weighted by Crippen LogP contribution is 2.27. The third-order valence-electron chi connectivity index (χ3n) is 4.90. The highest BCUT2D eigenvalue weighted by molar-refractivity contribution is 5.81. The van der Waals surface area contributed by atoms with Crippen molar-refractivity contribution < 1.29 is 4.74 Å². The number of nitrogens with zero attached hydrogens (tertiary/aromatic N) is 6. The molecule has 0 aliphatic rings. The maximum atomic E-state index is 9.08. The summed E-state index contributed by atoms with van der Waals surface area (Å²) >= 11 is 0. The molecule has 37 heavy (non-hydrogen) atoms. The van der Waals surface area contributed by atoms with Gasteiger partial charge in [-0.3, -0.25) is 5.43 Å². The molecular formula is C27H21N9O. The van der Waals surface area contributed by atoms with Gasteiger partial charge in [0, 0.05) is 6.07 Å². The molecule has 0 bridgehead atoms. The van der Waals surface area contributed by atoms with E-state index in [4.69, 9.17) is 15.3 Å². The Kier molecular flexibility index (Phi) is 7.98. The zero-order valence-electron chi connectivity index (χ0n) is 19.8. The summed E-state index contributed by atoms with van der Waals surface area (Å²) in [5.74, 6) is 1.71. The monoisotopic (exact) mass is 487 g/mol. The van der Waals surface area contributed by atoms with Gasteiger partial charge in [0.2, 0.25) is 5.95 Å². The number of ether oxygens (including phenoxy) is 1. The minimum atomic E-state index is 0.205. The minimum Gasteiger partial charge on any atom is -0.495 e. The normalized spacial score (nSPS) is 10.6. The first-order chi connectivity index (χ1) is 18.2. The SMILES string of the molecule is COc1ccccc1Nc1cc(NN=Cc2cccc(C#N)c2)nc(NN=Cc2cccc(C#N)c2)n1. The first-order valence-corrected chi connectivity index (χ1v) is 11.0. The molecule has 0 saturated heterocycles. The second kappa shape index (κ2) is 12.1. The van der Waals surface area contributed by atoms with E-state index in [1.807, 2.05) is 36.4 Å². The molecule has 0 amide bonds. The molecule has 3 N–H and O–H groups in total. The lowest BCUT2D eigenvalue weighted by Crippen LogP contribution is -2.04. The van der Waals surface area contributed by atoms with Gasteiger partial charge in [0.1, 0.15) is 11.6 Å². The first-order valence-electron chi connectivity index (χ1n) is 11.0. The molecule has 0 unspecified atom stereocenters. The van der Waals surface area contributed by atoms with Crippen LogP contribution in [0.15, 0.2) is 89.1 Å². The Labute approximate surface area is 213 Å². The summed E-state index contributed by atoms with van der Waals surface area (Å²) in [7, 11) is 1.59. The molecule has 0 radical (unpaired) electrons. The molecule has 4 rings (SSSR count). The number of para-hydroxylation sites is 2. The summed E-state index contributed by atoms with van der Waals surface area (Å²) in [6.07, 6.45) is 3.15. The van der Waals surface area contributed by atoms with Crippen LogP contribution in [0.3, 0.4) is 0 Å². The molecule has 3 aromatic carbocycles. The lowest BCUT2D eigenvalue weighted by molar-refractivity contribution is 0.417. The number of hydrogen-bond acceptors (Lipinski definition) is 10. The molecule has 0 aliphatic heterocycles. The summed E-state index contributed by atoms with van der Waals surface area (Å²) in [4.78, 5) is 8.89. The van der Waals surface area contributed by atoms with Crippen LogP contribution < -0.4 is 20.9 Å². The minimum absolute atomic E-state index is 0.205. The lowest BCUT2D eigenvalue weighted by Gasteiger charge is -2.12. The van der Waals surface area contributed by atoms with E-state index < -0.39 is 0 Å². The highest BCUT2D eigenvalue weighted by atomic mass is 16.5. The Hall–Kier alpha value is -5.74. The predicted molar refractivity (Wildman–Crippen MR) is 143 cm³/mol. The second-order valence-electron chi connectivity index (χ2n) is 7.50. The quantitative estimate of drug-likeness (QED) is 0.224. The van der Waals surface area contributed by atoms with Crippen LogP contribution in [0.1, 0.15) is 22.3 Å². The summed E-state index contributed by atoms with van der Waals surface area (Å²) in [6, 6.07) is 27.4. The zero-order valence-corrected chi connectivity index (χ0v) is 19.8. The number of hydrogen-bond donors (Lipinski definition) is 3. The third kappa shape index (κ3) is 6.88. The molecular weight excluding hydrogens is 466 g/mol. The molecule has 0 saturated carbocycles. The van der Waals surface area contributed by atoms with Crippen molar-refractivity contribution in [2.75, 3.05) is 23.3 Å². The molecule has 180 valence electrons. The van der Waals surface area contributed by atoms with Crippen LogP contribution in [0.25, 0.3) is 0 Å². The number of nitriles is 2. The van der Waals surface area contributed by atoms with Crippen LogP contribution in [0.2, 0.25) is 0 Å². The van der Waals surface area contributed by atoms with Gasteiger partial charge in [-0.05, 0) is 47.5 Å². The van der Waals surface area contributed by atoms with E-state index in [2.05, 4.69) is 48.5 Å². The van der Waals surface area contributed by atoms with Gasteiger partial charge in [0.15, 0.2) is 5.82 Å². The van der Waals surface area contributed by atoms with E-state index >= 15 is 0 Å². The fourth-order valence-electron chi connectivity index (χ4n) is 3.22. The first kappa shape index (κ1) is 24.4. The maximum Gasteiger partial charge on any atom is 0.247 e. The number of rotatable bonds is 9. The molecule has 10 heteroatoms. The number of aromatic nitrogens is 2. The molecule has 10 nitrogen and oxygen atoms in total. The van der Waals surface area contributed by atoms with Crippen LogP contribution >= 0.6 is 0 Å². The fourth-order valence-corrected chi connectivity index (χ4v) is 3.22. The van der Waals surface area contributed by atoms with Gasteiger partial charge in [0.25, 0.3) is 0 Å². The Morgan fingerprint density at radius 3 is 2.03 bits per heavy atom. The van der Waals surface area contributed by atoms with Crippen LogP contribution in [0, 0.1) is 22.7 Å². The highest BCUT2D eigenvalue weighted by Gasteiger charge is 2.08. The van der Waals surface area contributed by atoms with Gasteiger partial charge < -0.3 is 10.1 Å². The largest absolute Gasteiger partial charge is 0.495 e. The average Bonchev–Trinajstić information content (AvgIpc) is 2.93. The van der Waals surface area contributed by atoms with E-state index in [0.29, 0.717) is 34.2 Å². The van der Waals surface area contributed by atoms with Gasteiger partial charge in [-0.25, -0.2) is 5.43 Å². The number of benzene rings is 3. The molecule has 0 fully saturated rings. The Balaban J connectivity index is 1.57. The Bertz CT molecular complexity index is 1450. The number of anilines is 4. The predicted octanol–water partition coefficient (Wildman–Crippen LogP) is 4.86. The van der Waals surface area contributed by atoms with Crippen molar-refractivity contribution in [2.45, 2.75) is 0 Å². The van der Waals surface area contributed by atoms with Crippen LogP contribution in [-0.4, -0.2) is 29.5 Å². The molecule has 0 aliphatic carbocycles. The summed E-state index contributed by atoms with van der Waals surface area (Å²) in [5, 5.41) is 29.8. The van der Waals surface area contributed by atoms with Crippen LogP contribution in [0.4, 0.5) is 23.3 Å². The standard InChI is InChI=1S/C27H21N9O/c1-37-24-11-3-2-10-23(24)32-25-14-26(35-30-17-21-8-4-6-19(12-21)15-28)34-27(33-25)36-31-18-22-9-5-7-20(13-22)16-29/h2-14,17-18H,1H3,(H3,32,33,34,35,36). The van der Waals surface area contributed by atoms with Gasteiger partial charge in [0.05, 0.1) is 48.5 Å². The maximum absolute atomic E-state index is 9.08. The topological polar surface area (TPSA) is 143 Å². The van der Waals surface area contributed by atoms with Crippen LogP contribution in [0.5, 0.6) is 5.75 Å². The summed E-state index contributed by atoms with van der Waals surface area (Å²) in [6.45, 7) is 0. The van der Waals surface area contributed by atoms with E-state index in [1.54, 1.807) is 62.0 Å². The smallest absolute Gasteiger partial charge is 0.247 e. The van der Waals surface area contributed by atoms with E-state index in [9.17, 15) is 0 Å². The molecule has 4 aromatic rings. The van der Waals surface area contributed by atoms with Gasteiger partial charge >= 0.3 is 0 Å². The summed E-state index contributed by atoms with van der Waals surface area (Å²) in [5.41, 5.74) is 9.00. The Morgan fingerprint density at radius 1 is 0.757 bits per heavy atom. The Morgan fingerprint density at radius 2 is 1.38 bits per heavy atom. The van der Waals surface area contributed by atoms with E-state index in [0.717, 1.165) is 11.1 Å². The van der Waals surface area contributed by atoms with Crippen molar-refractivity contribution in [1.29, 1.82) is 10.5 Å². The third-order valence-corrected chi connectivity index (χ3v) is 4.90. The van der Waals surface area contributed by atoms with Crippen molar-refractivity contribution >= 4 is 35.7 Å². The van der Waals surface area contributed by atoms with Crippen molar-refractivity contribution in [3.8, 4) is 17.9 Å². The molecule has 0 spiro atoms. The average molecular weight is 488 g/mol. The van der Waals surface area contributed by atoms with E-state index in [-0.39, 0.29) is 5.95 Å². The van der Waals surface area contributed by atoms with Gasteiger partial charge in [-0.15, -0.1) is 0 Å². The van der Waals surface area contributed by atoms with Gasteiger partial charge in [-0.2, -0.15) is 30.7 Å². The molecule has 1 aromatic heterocycles. The van der Waals surface area contributed by atoms with Crippen molar-refractivity contribution in [2.24, 2.45) is 10.2 Å². The van der Waals surface area contributed by atoms with Crippen molar-refractivity contribution in [3.05, 3.63) is 101 Å². The van der Waals surface area contributed by atoms with Crippen molar-refractivity contribution in [3.63, 3.8) is 0 Å².